The molecule has 1 aliphatic heterocycles. The van der Waals surface area contributed by atoms with Gasteiger partial charge in [-0.2, -0.15) is 0 Å². The van der Waals surface area contributed by atoms with Crippen LogP contribution in [-0.4, -0.2) is 29.1 Å². The number of nitrogens with one attached hydrogen (secondary N) is 1. The van der Waals surface area contributed by atoms with Crippen LogP contribution >= 0.6 is 0 Å². The van der Waals surface area contributed by atoms with Crippen LogP contribution in [0.25, 0.3) is 22.5 Å². The summed E-state index contributed by atoms with van der Waals surface area (Å²) in [7, 11) is 1.68. The number of aliphatic imine (C=N–C) groups is 1. The lowest BCUT2D eigenvalue weighted by atomic mass is 9.94. The van der Waals surface area contributed by atoms with E-state index in [1.807, 2.05) is 36.4 Å². The summed E-state index contributed by atoms with van der Waals surface area (Å²) in [6.45, 7) is 4.38. The normalized spacial score (nSPS) is 15.2. The molecule has 5 rings (SSSR count). The van der Waals surface area contributed by atoms with Gasteiger partial charge in [0.15, 0.2) is 5.82 Å². The molecule has 2 heterocycles. The average molecular weight is 509 g/mol. The first-order valence-electron chi connectivity index (χ1n) is 13.0. The van der Waals surface area contributed by atoms with Gasteiger partial charge in [-0.05, 0) is 59.4 Å². The van der Waals surface area contributed by atoms with Crippen molar-refractivity contribution in [3.05, 3.63) is 101 Å². The fraction of sp³-hybridized carbons (Fsp3) is 0.258. The van der Waals surface area contributed by atoms with Gasteiger partial charge in [0.05, 0.1) is 7.11 Å². The lowest BCUT2D eigenvalue weighted by Crippen LogP contribution is -2.34. The number of benzene rings is 3. The van der Waals surface area contributed by atoms with E-state index in [2.05, 4.69) is 71.5 Å². The number of aromatic nitrogens is 2. The molecule has 0 fully saturated rings. The third-order valence-corrected chi connectivity index (χ3v) is 6.80. The number of methoxy groups -OCH3 is 1. The minimum absolute atomic E-state index is 0.0792. The van der Waals surface area contributed by atoms with Gasteiger partial charge >= 0.3 is 5.76 Å². The molecule has 7 heteroatoms. The highest BCUT2D eigenvalue weighted by Gasteiger charge is 2.23. The summed E-state index contributed by atoms with van der Waals surface area (Å²) in [5, 5.41) is 3.87. The van der Waals surface area contributed by atoms with Crippen molar-refractivity contribution < 1.29 is 9.26 Å². The number of aromatic amines is 1. The van der Waals surface area contributed by atoms with E-state index in [1.165, 1.54) is 16.8 Å². The number of anilines is 1. The van der Waals surface area contributed by atoms with Gasteiger partial charge in [-0.25, -0.2) is 4.79 Å². The van der Waals surface area contributed by atoms with Crippen LogP contribution in [0.2, 0.25) is 0 Å². The zero-order valence-electron chi connectivity index (χ0n) is 22.0. The van der Waals surface area contributed by atoms with Crippen LogP contribution in [0.4, 0.5) is 5.69 Å². The summed E-state index contributed by atoms with van der Waals surface area (Å²) < 4.78 is 10.1. The molecule has 1 atom stereocenters. The summed E-state index contributed by atoms with van der Waals surface area (Å²) in [4.78, 5) is 21.6. The van der Waals surface area contributed by atoms with Crippen molar-refractivity contribution in [2.24, 2.45) is 4.99 Å². The van der Waals surface area contributed by atoms with E-state index in [0.29, 0.717) is 5.82 Å². The Morgan fingerprint density at radius 3 is 2.34 bits per heavy atom. The fourth-order valence-electron chi connectivity index (χ4n) is 4.86. The predicted octanol–water partition coefficient (Wildman–Crippen LogP) is 6.63. The molecule has 1 aliphatic rings. The largest absolute Gasteiger partial charge is 0.497 e. The molecule has 38 heavy (non-hydrogen) atoms. The van der Waals surface area contributed by atoms with E-state index in [4.69, 9.17) is 14.3 Å². The molecule has 1 unspecified atom stereocenters. The van der Waals surface area contributed by atoms with Gasteiger partial charge in [0, 0.05) is 29.6 Å². The first kappa shape index (κ1) is 25.3. The molecule has 1 aromatic heterocycles. The number of rotatable bonds is 9. The van der Waals surface area contributed by atoms with Crippen LogP contribution in [0.5, 0.6) is 5.75 Å². The average Bonchev–Trinajstić information content (AvgIpc) is 3.40. The first-order chi connectivity index (χ1) is 18.6. The monoisotopic (exact) mass is 508 g/mol. The zero-order valence-corrected chi connectivity index (χ0v) is 22.0. The lowest BCUT2D eigenvalue weighted by molar-refractivity contribution is 0.388. The Bertz CT molecular complexity index is 1500. The van der Waals surface area contributed by atoms with Crippen molar-refractivity contribution >= 4 is 11.4 Å². The van der Waals surface area contributed by atoms with Crippen LogP contribution in [0.3, 0.4) is 0 Å². The highest BCUT2D eigenvalue weighted by Crippen LogP contribution is 2.32. The number of ether oxygens (including phenoxy) is 1. The summed E-state index contributed by atoms with van der Waals surface area (Å²) in [5.41, 5.74) is 7.57. The molecule has 7 nitrogen and oxygen atoms in total. The van der Waals surface area contributed by atoms with E-state index in [0.717, 1.165) is 53.8 Å². The maximum atomic E-state index is 11.5. The second-order valence-corrected chi connectivity index (χ2v) is 9.34. The maximum Gasteiger partial charge on any atom is 0.439 e. The molecule has 0 saturated heterocycles. The fourth-order valence-corrected chi connectivity index (χ4v) is 4.86. The Morgan fingerprint density at radius 2 is 1.71 bits per heavy atom. The molecular weight excluding hydrogens is 476 g/mol. The Labute approximate surface area is 222 Å². The number of nitrogens with zero attached hydrogens (tertiary/aromatic N) is 3. The smallest absolute Gasteiger partial charge is 0.439 e. The summed E-state index contributed by atoms with van der Waals surface area (Å²) in [5.74, 6) is 0.700. The topological polar surface area (TPSA) is 83.7 Å². The molecule has 0 saturated carbocycles. The van der Waals surface area contributed by atoms with Gasteiger partial charge in [-0.15, -0.1) is 0 Å². The van der Waals surface area contributed by atoms with Crippen molar-refractivity contribution in [1.29, 1.82) is 0 Å². The number of hydrogen-bond acceptors (Lipinski definition) is 6. The molecule has 0 aliphatic carbocycles. The summed E-state index contributed by atoms with van der Waals surface area (Å²) in [6, 6.07) is 24.5. The zero-order chi connectivity index (χ0) is 26.5. The van der Waals surface area contributed by atoms with Gasteiger partial charge in [0.1, 0.15) is 11.9 Å². The second-order valence-electron chi connectivity index (χ2n) is 9.34. The van der Waals surface area contributed by atoms with Crippen LogP contribution in [0.1, 0.15) is 38.7 Å². The van der Waals surface area contributed by atoms with E-state index >= 15 is 0 Å². The number of H-pyrrole nitrogens is 1. The molecule has 0 amide bonds. The third kappa shape index (κ3) is 5.32. The van der Waals surface area contributed by atoms with Gasteiger partial charge in [0.25, 0.3) is 0 Å². The Morgan fingerprint density at radius 1 is 0.974 bits per heavy atom. The molecular formula is C31H32N4O3. The quantitative estimate of drug-likeness (QED) is 0.274. The van der Waals surface area contributed by atoms with Crippen molar-refractivity contribution in [3.8, 4) is 28.3 Å². The molecule has 3 aromatic carbocycles. The summed E-state index contributed by atoms with van der Waals surface area (Å²) >= 11 is 0. The Hall–Kier alpha value is -4.39. The van der Waals surface area contributed by atoms with Crippen LogP contribution in [0, 0.1) is 0 Å². The lowest BCUT2D eigenvalue weighted by Gasteiger charge is -2.33. The molecule has 0 spiro atoms. The van der Waals surface area contributed by atoms with Crippen molar-refractivity contribution in [3.63, 3.8) is 0 Å². The van der Waals surface area contributed by atoms with Gasteiger partial charge in [-0.1, -0.05) is 74.0 Å². The number of hydrogen-bond donors (Lipinski definition) is 1. The van der Waals surface area contributed by atoms with Crippen LogP contribution < -0.4 is 15.4 Å². The van der Waals surface area contributed by atoms with Crippen LogP contribution in [-0.2, 0) is 6.42 Å². The van der Waals surface area contributed by atoms with Crippen molar-refractivity contribution in [1.82, 2.24) is 10.1 Å². The van der Waals surface area contributed by atoms with Gasteiger partial charge in [-0.3, -0.25) is 14.5 Å². The SMILES string of the molecule is CCCC1=NC(CC)N(c2ccc(OC)cc2)C=C1Cc1ccc(-c2ccccc2-c2noc(=O)[nH]2)cc1. The van der Waals surface area contributed by atoms with E-state index in [9.17, 15) is 4.79 Å². The highest BCUT2D eigenvalue weighted by molar-refractivity contribution is 6.02. The third-order valence-electron chi connectivity index (χ3n) is 6.80. The summed E-state index contributed by atoms with van der Waals surface area (Å²) in [6.07, 6.45) is 6.08. The molecule has 1 N–H and O–H groups in total. The molecule has 194 valence electrons. The number of allylic oxidation sites excluding steroid dienone is 1. The van der Waals surface area contributed by atoms with Crippen molar-refractivity contribution in [2.75, 3.05) is 12.0 Å². The molecule has 4 aromatic rings. The minimum Gasteiger partial charge on any atom is -0.497 e. The Kier molecular flexibility index (Phi) is 7.54. The van der Waals surface area contributed by atoms with E-state index in [1.54, 1.807) is 7.11 Å². The van der Waals surface area contributed by atoms with E-state index < -0.39 is 5.76 Å². The second kappa shape index (κ2) is 11.3. The predicted molar refractivity (Wildman–Crippen MR) is 152 cm³/mol. The van der Waals surface area contributed by atoms with Gasteiger partial charge in [0.2, 0.25) is 0 Å². The molecule has 0 radical (unpaired) electrons. The van der Waals surface area contributed by atoms with Crippen molar-refractivity contribution in [2.45, 2.75) is 45.7 Å². The van der Waals surface area contributed by atoms with Gasteiger partial charge < -0.3 is 9.64 Å². The minimum atomic E-state index is -0.565. The highest BCUT2D eigenvalue weighted by atomic mass is 16.5. The van der Waals surface area contributed by atoms with E-state index in [-0.39, 0.29) is 6.17 Å². The standard InChI is InChI=1S/C31H32N4O3/c1-4-8-28-23(20-35(29(5-2)32-28)24-15-17-25(37-3)18-16-24)19-21-11-13-22(14-12-21)26-9-6-7-10-27(26)30-33-31(36)38-34-30/h6-7,9-18,20,29H,4-5,8,19H2,1-3H3,(H,33,34,36). The maximum absolute atomic E-state index is 11.5. The Balaban J connectivity index is 1.43. The first-order valence-corrected chi connectivity index (χ1v) is 13.0. The molecule has 0 bridgehead atoms. The van der Waals surface area contributed by atoms with Crippen LogP contribution in [0.15, 0.2) is 98.9 Å².